The van der Waals surface area contributed by atoms with Crippen molar-refractivity contribution in [3.63, 3.8) is 0 Å². The molecule has 1 atom stereocenters. The average molecular weight is 431 g/mol. The summed E-state index contributed by atoms with van der Waals surface area (Å²) in [5.41, 5.74) is 2.59. The van der Waals surface area contributed by atoms with E-state index in [4.69, 9.17) is 0 Å². The molecule has 1 saturated heterocycles. The fourth-order valence-corrected chi connectivity index (χ4v) is 4.19. The number of H-pyrrole nitrogens is 1. The lowest BCUT2D eigenvalue weighted by molar-refractivity contribution is -0.141. The van der Waals surface area contributed by atoms with Crippen molar-refractivity contribution in [2.75, 3.05) is 20.6 Å². The van der Waals surface area contributed by atoms with Crippen LogP contribution in [0.3, 0.4) is 0 Å². The number of rotatable bonds is 7. The van der Waals surface area contributed by atoms with Crippen LogP contribution in [0.5, 0.6) is 0 Å². The lowest BCUT2D eigenvalue weighted by Gasteiger charge is -2.29. The first-order chi connectivity index (χ1) is 15.4. The lowest BCUT2D eigenvalue weighted by Crippen LogP contribution is -2.42. The van der Waals surface area contributed by atoms with Crippen molar-refractivity contribution in [2.24, 2.45) is 0 Å². The zero-order valence-corrected chi connectivity index (χ0v) is 18.2. The van der Waals surface area contributed by atoms with Crippen LogP contribution in [-0.4, -0.2) is 58.4 Å². The first-order valence-electron chi connectivity index (χ1n) is 10.6. The van der Waals surface area contributed by atoms with Crippen molar-refractivity contribution in [2.45, 2.75) is 24.7 Å². The van der Waals surface area contributed by atoms with Crippen molar-refractivity contribution >= 4 is 17.7 Å². The number of aromatic nitrogens is 2. The summed E-state index contributed by atoms with van der Waals surface area (Å²) in [4.78, 5) is 41.5. The molecule has 3 amide bonds. The number of imide groups is 1. The highest BCUT2D eigenvalue weighted by molar-refractivity contribution is 6.10. The Morgan fingerprint density at radius 2 is 1.78 bits per heavy atom. The largest absolute Gasteiger partial charge is 0.345 e. The summed E-state index contributed by atoms with van der Waals surface area (Å²) >= 11 is 0. The number of carbonyl (C=O) groups is 3. The van der Waals surface area contributed by atoms with Crippen molar-refractivity contribution in [1.82, 2.24) is 20.0 Å². The number of nitrogens with one attached hydrogen (secondary N) is 1. The van der Waals surface area contributed by atoms with Crippen LogP contribution < -0.4 is 0 Å². The van der Waals surface area contributed by atoms with Crippen molar-refractivity contribution < 1.29 is 14.4 Å². The lowest BCUT2D eigenvalue weighted by atomic mass is 9.75. The second-order valence-electron chi connectivity index (χ2n) is 8.31. The first kappa shape index (κ1) is 21.5. The van der Waals surface area contributed by atoms with Crippen LogP contribution in [0.4, 0.5) is 0 Å². The minimum absolute atomic E-state index is 0.00563. The number of benzene rings is 2. The van der Waals surface area contributed by atoms with Crippen LogP contribution in [0.25, 0.3) is 11.1 Å². The second-order valence-corrected chi connectivity index (χ2v) is 8.31. The Balaban J connectivity index is 1.58. The molecule has 0 aliphatic carbocycles. The maximum atomic E-state index is 13.2. The van der Waals surface area contributed by atoms with Gasteiger partial charge in [-0.15, -0.1) is 0 Å². The number of aromatic amines is 1. The molecule has 1 aromatic heterocycles. The Bertz CT molecular complexity index is 1110. The maximum absolute atomic E-state index is 13.2. The fourth-order valence-electron chi connectivity index (χ4n) is 4.19. The molecule has 0 saturated carbocycles. The molecule has 2 aromatic carbocycles. The Hall–Kier alpha value is -3.74. The van der Waals surface area contributed by atoms with Crippen LogP contribution in [0, 0.1) is 0 Å². The zero-order chi connectivity index (χ0) is 22.7. The van der Waals surface area contributed by atoms with E-state index in [1.54, 1.807) is 24.3 Å². The fraction of sp³-hybridized carbons (Fsp3) is 0.280. The third-order valence-electron chi connectivity index (χ3n) is 6.26. The molecule has 1 N–H and O–H groups in total. The van der Waals surface area contributed by atoms with Gasteiger partial charge in [0.05, 0.1) is 11.6 Å². The summed E-state index contributed by atoms with van der Waals surface area (Å²) < 4.78 is 0. The quantitative estimate of drug-likeness (QED) is 0.584. The van der Waals surface area contributed by atoms with Gasteiger partial charge in [-0.3, -0.25) is 24.4 Å². The highest BCUT2D eigenvalue weighted by Crippen LogP contribution is 2.40. The average Bonchev–Trinajstić information content (AvgIpc) is 3.42. The molecule has 0 radical (unpaired) electrons. The molecule has 0 spiro atoms. The normalized spacial score (nSPS) is 18.2. The van der Waals surface area contributed by atoms with E-state index in [0.29, 0.717) is 18.5 Å². The predicted molar refractivity (Wildman–Crippen MR) is 120 cm³/mol. The highest BCUT2D eigenvalue weighted by Gasteiger charge is 2.52. The van der Waals surface area contributed by atoms with Gasteiger partial charge in [-0.2, -0.15) is 5.10 Å². The van der Waals surface area contributed by atoms with Gasteiger partial charge in [0.15, 0.2) is 0 Å². The standard InChI is InChI=1S/C25H26N4O3/c1-28(13-12-18-16-26-27-17-18)22(30)14-25(15-23(31)29(2)24(25)32)21-10-8-20(9-11-21)19-6-4-3-5-7-19/h3-11,16-17H,12-15H2,1-2H3,(H,26,27). The van der Waals surface area contributed by atoms with Gasteiger partial charge in [-0.05, 0) is 28.7 Å². The van der Waals surface area contributed by atoms with Crippen molar-refractivity contribution in [1.29, 1.82) is 0 Å². The molecule has 4 rings (SSSR count). The van der Waals surface area contributed by atoms with Crippen molar-refractivity contribution in [3.05, 3.63) is 78.1 Å². The van der Waals surface area contributed by atoms with E-state index in [1.165, 1.54) is 7.05 Å². The number of amides is 3. The van der Waals surface area contributed by atoms with Crippen molar-refractivity contribution in [3.8, 4) is 11.1 Å². The topological polar surface area (TPSA) is 86.4 Å². The molecule has 3 aromatic rings. The third-order valence-corrected chi connectivity index (χ3v) is 6.26. The molecule has 1 unspecified atom stereocenters. The molecule has 32 heavy (non-hydrogen) atoms. The molecule has 1 fully saturated rings. The maximum Gasteiger partial charge on any atom is 0.240 e. The molecule has 164 valence electrons. The monoisotopic (exact) mass is 430 g/mol. The minimum atomic E-state index is -1.18. The highest BCUT2D eigenvalue weighted by atomic mass is 16.2. The summed E-state index contributed by atoms with van der Waals surface area (Å²) in [6.45, 7) is 0.499. The molecule has 7 nitrogen and oxygen atoms in total. The first-order valence-corrected chi connectivity index (χ1v) is 10.6. The van der Waals surface area contributed by atoms with E-state index in [2.05, 4.69) is 10.2 Å². The van der Waals surface area contributed by atoms with Crippen LogP contribution in [-0.2, 0) is 26.2 Å². The minimum Gasteiger partial charge on any atom is -0.345 e. The van der Waals surface area contributed by atoms with Gasteiger partial charge in [0.1, 0.15) is 0 Å². The number of nitrogens with zero attached hydrogens (tertiary/aromatic N) is 3. The second kappa shape index (κ2) is 8.78. The number of likely N-dealkylation sites (N-methyl/N-ethyl adjacent to an activating group) is 2. The molecule has 1 aliphatic heterocycles. The summed E-state index contributed by atoms with van der Waals surface area (Å²) in [6.07, 6.45) is 4.12. The smallest absolute Gasteiger partial charge is 0.240 e. The van der Waals surface area contributed by atoms with Gasteiger partial charge >= 0.3 is 0 Å². The Morgan fingerprint density at radius 1 is 1.09 bits per heavy atom. The van der Waals surface area contributed by atoms with Gasteiger partial charge < -0.3 is 4.90 Å². The van der Waals surface area contributed by atoms with Gasteiger partial charge in [0.25, 0.3) is 0 Å². The van der Waals surface area contributed by atoms with E-state index in [9.17, 15) is 14.4 Å². The summed E-state index contributed by atoms with van der Waals surface area (Å²) in [6, 6.07) is 17.5. The Kier molecular flexibility index (Phi) is 5.90. The molecule has 0 bridgehead atoms. The third kappa shape index (κ3) is 4.06. The molecular weight excluding hydrogens is 404 g/mol. The van der Waals surface area contributed by atoms with Gasteiger partial charge in [-0.1, -0.05) is 54.6 Å². The summed E-state index contributed by atoms with van der Waals surface area (Å²) in [7, 11) is 3.21. The summed E-state index contributed by atoms with van der Waals surface area (Å²) in [5.74, 6) is -0.764. The van der Waals surface area contributed by atoms with E-state index in [1.807, 2.05) is 54.6 Å². The SMILES string of the molecule is CN(CCc1cn[nH]c1)C(=O)CC1(c2ccc(-c3ccccc3)cc2)CC(=O)N(C)C1=O. The Morgan fingerprint density at radius 3 is 2.38 bits per heavy atom. The Labute approximate surface area is 187 Å². The van der Waals surface area contributed by atoms with E-state index in [-0.39, 0.29) is 30.6 Å². The number of likely N-dealkylation sites (tertiary alicyclic amines) is 1. The molecular formula is C25H26N4O3. The predicted octanol–water partition coefficient (Wildman–Crippen LogP) is 2.79. The summed E-state index contributed by atoms with van der Waals surface area (Å²) in [5, 5.41) is 6.68. The van der Waals surface area contributed by atoms with Crippen LogP contribution in [0.1, 0.15) is 24.0 Å². The van der Waals surface area contributed by atoms with Crippen LogP contribution in [0.2, 0.25) is 0 Å². The number of carbonyl (C=O) groups excluding carboxylic acids is 3. The molecule has 1 aliphatic rings. The molecule has 7 heteroatoms. The number of hydrogen-bond acceptors (Lipinski definition) is 4. The van der Waals surface area contributed by atoms with Gasteiger partial charge in [0.2, 0.25) is 17.7 Å². The van der Waals surface area contributed by atoms with Gasteiger partial charge in [0, 0.05) is 39.7 Å². The van der Waals surface area contributed by atoms with Crippen LogP contribution >= 0.6 is 0 Å². The number of hydrogen-bond donors (Lipinski definition) is 1. The van der Waals surface area contributed by atoms with E-state index < -0.39 is 5.41 Å². The van der Waals surface area contributed by atoms with E-state index >= 15 is 0 Å². The molecule has 2 heterocycles. The zero-order valence-electron chi connectivity index (χ0n) is 18.2. The van der Waals surface area contributed by atoms with Crippen LogP contribution in [0.15, 0.2) is 67.0 Å². The van der Waals surface area contributed by atoms with E-state index in [0.717, 1.165) is 21.6 Å². The van der Waals surface area contributed by atoms with Gasteiger partial charge in [-0.25, -0.2) is 0 Å².